The van der Waals surface area contributed by atoms with Gasteiger partial charge in [0.25, 0.3) is 0 Å². The first-order valence-corrected chi connectivity index (χ1v) is 12.4. The maximum atomic E-state index is 12.0. The molecule has 0 amide bonds. The number of carbonyl (C=O) groups is 1. The van der Waals surface area contributed by atoms with Crippen molar-refractivity contribution in [3.05, 3.63) is 66.2 Å². The molecule has 0 unspecified atom stereocenters. The third-order valence-electron chi connectivity index (χ3n) is 5.43. The maximum Gasteiger partial charge on any atom is 0.338 e. The van der Waals surface area contributed by atoms with Crippen molar-refractivity contribution < 1.29 is 39.4 Å². The normalized spacial score (nSPS) is 10.7. The summed E-state index contributed by atoms with van der Waals surface area (Å²) in [6, 6.07) is 15.6. The van der Waals surface area contributed by atoms with Crippen LogP contribution in [-0.4, -0.2) is 74.4 Å². The summed E-state index contributed by atoms with van der Waals surface area (Å²) in [4.78, 5) is 25.4. The maximum absolute atomic E-state index is 12.0. The molecule has 0 aliphatic carbocycles. The quantitative estimate of drug-likeness (QED) is 0.164. The number of aromatic hydroxyl groups is 2. The molecule has 0 spiro atoms. The van der Waals surface area contributed by atoms with Gasteiger partial charge in [0.15, 0.2) is 11.6 Å². The molecule has 0 saturated carbocycles. The fourth-order valence-corrected chi connectivity index (χ4v) is 3.61. The lowest BCUT2D eigenvalue weighted by molar-refractivity contribution is 0.0526. The molecule has 0 aliphatic heterocycles. The number of phenolic OH excluding ortho intramolecular Hbond substituents is 2. The number of aliphatic hydroxyl groups excluding tert-OH is 2. The van der Waals surface area contributed by atoms with Gasteiger partial charge in [0.05, 0.1) is 36.5 Å². The van der Waals surface area contributed by atoms with Gasteiger partial charge in [-0.2, -0.15) is 9.97 Å². The highest BCUT2D eigenvalue weighted by Gasteiger charge is 2.17. The van der Waals surface area contributed by atoms with Gasteiger partial charge in [-0.05, 0) is 55.5 Å². The van der Waals surface area contributed by atoms with Crippen LogP contribution in [0.15, 0.2) is 60.7 Å². The Morgan fingerprint density at radius 3 is 1.75 bits per heavy atom. The Kier molecular flexibility index (Phi) is 9.28. The number of aliphatic hydroxyl groups is 2. The third-order valence-corrected chi connectivity index (χ3v) is 5.43. The van der Waals surface area contributed by atoms with Gasteiger partial charge in [0.1, 0.15) is 36.2 Å². The van der Waals surface area contributed by atoms with E-state index in [1.54, 1.807) is 55.5 Å². The van der Waals surface area contributed by atoms with Crippen molar-refractivity contribution in [3.63, 3.8) is 0 Å². The first-order valence-electron chi connectivity index (χ1n) is 12.4. The number of benzene rings is 3. The Morgan fingerprint density at radius 2 is 1.30 bits per heavy atom. The highest BCUT2D eigenvalue weighted by molar-refractivity contribution is 5.89. The van der Waals surface area contributed by atoms with Gasteiger partial charge in [-0.15, -0.1) is 0 Å². The number of rotatable bonds is 12. The number of esters is 1. The van der Waals surface area contributed by atoms with Crippen molar-refractivity contribution >= 4 is 17.6 Å². The van der Waals surface area contributed by atoms with Crippen molar-refractivity contribution in [2.24, 2.45) is 0 Å². The molecule has 0 saturated heterocycles. The van der Waals surface area contributed by atoms with Gasteiger partial charge >= 0.3 is 5.97 Å². The van der Waals surface area contributed by atoms with Gasteiger partial charge in [-0.3, -0.25) is 0 Å². The molecule has 40 heavy (non-hydrogen) atoms. The Labute approximate surface area is 229 Å². The molecule has 5 N–H and O–H groups in total. The Hall–Kier alpha value is -4.94. The van der Waals surface area contributed by atoms with E-state index in [1.807, 2.05) is 0 Å². The van der Waals surface area contributed by atoms with E-state index in [-0.39, 0.29) is 73.3 Å². The van der Waals surface area contributed by atoms with Crippen molar-refractivity contribution in [1.82, 2.24) is 15.0 Å². The smallest absolute Gasteiger partial charge is 0.338 e. The van der Waals surface area contributed by atoms with E-state index >= 15 is 0 Å². The summed E-state index contributed by atoms with van der Waals surface area (Å²) in [5.74, 6) is 0.209. The molecule has 0 bridgehead atoms. The number of hydrogen-bond donors (Lipinski definition) is 5. The third kappa shape index (κ3) is 6.92. The van der Waals surface area contributed by atoms with E-state index in [1.165, 1.54) is 12.1 Å². The fourth-order valence-electron chi connectivity index (χ4n) is 3.61. The average molecular weight is 549 g/mol. The minimum absolute atomic E-state index is 0.0645. The number of nitrogens with zero attached hydrogens (tertiary/aromatic N) is 3. The molecule has 0 atom stereocenters. The number of ether oxygens (including phenoxy) is 3. The van der Waals surface area contributed by atoms with E-state index < -0.39 is 5.97 Å². The lowest BCUT2D eigenvalue weighted by Gasteiger charge is -2.13. The largest absolute Gasteiger partial charge is 0.507 e. The van der Waals surface area contributed by atoms with Crippen molar-refractivity contribution in [1.29, 1.82) is 0 Å². The molecular weight excluding hydrogens is 520 g/mol. The number of hydrogen-bond acceptors (Lipinski definition) is 12. The van der Waals surface area contributed by atoms with E-state index in [2.05, 4.69) is 20.3 Å². The standard InChI is InChI=1S/C28H28N4O8/c1-2-38-27(37)17-3-5-18(6-4-17)29-28-31-25(21-9-7-19(15-23(21)35)39-13-11-33)30-26(32-28)22-10-8-20(16-24(22)36)40-14-12-34/h3-10,15-16,33-36H,2,11-14H2,1H3,(H,29,30,31,32). The lowest BCUT2D eigenvalue weighted by Crippen LogP contribution is -2.06. The molecule has 3 aromatic carbocycles. The minimum Gasteiger partial charge on any atom is -0.507 e. The van der Waals surface area contributed by atoms with Gasteiger partial charge in [-0.25, -0.2) is 9.78 Å². The van der Waals surface area contributed by atoms with Crippen LogP contribution in [-0.2, 0) is 4.74 Å². The van der Waals surface area contributed by atoms with Gasteiger partial charge in [0.2, 0.25) is 5.95 Å². The molecule has 1 aromatic heterocycles. The lowest BCUT2D eigenvalue weighted by atomic mass is 10.1. The number of anilines is 2. The second kappa shape index (κ2) is 13.2. The number of phenols is 2. The molecule has 12 nitrogen and oxygen atoms in total. The summed E-state index contributed by atoms with van der Waals surface area (Å²) in [5, 5.41) is 42.4. The zero-order valence-corrected chi connectivity index (χ0v) is 21.6. The van der Waals surface area contributed by atoms with E-state index in [0.29, 0.717) is 22.7 Å². The minimum atomic E-state index is -0.442. The topological polar surface area (TPSA) is 176 Å². The van der Waals surface area contributed by atoms with Crippen LogP contribution < -0.4 is 14.8 Å². The van der Waals surface area contributed by atoms with E-state index in [9.17, 15) is 15.0 Å². The van der Waals surface area contributed by atoms with Crippen molar-refractivity contribution in [2.75, 3.05) is 38.4 Å². The Morgan fingerprint density at radius 1 is 0.775 bits per heavy atom. The van der Waals surface area contributed by atoms with Gasteiger partial charge in [0, 0.05) is 17.8 Å². The second-order valence-corrected chi connectivity index (χ2v) is 8.23. The summed E-state index contributed by atoms with van der Waals surface area (Å²) < 4.78 is 15.7. The van der Waals surface area contributed by atoms with Crippen LogP contribution in [0.4, 0.5) is 11.6 Å². The number of carbonyl (C=O) groups excluding carboxylic acids is 1. The Bertz CT molecular complexity index is 1390. The average Bonchev–Trinajstić information content (AvgIpc) is 2.95. The van der Waals surface area contributed by atoms with Crippen LogP contribution in [0, 0.1) is 0 Å². The van der Waals surface area contributed by atoms with Crippen LogP contribution in [0.2, 0.25) is 0 Å². The molecule has 0 radical (unpaired) electrons. The molecule has 4 aromatic rings. The molecule has 208 valence electrons. The van der Waals surface area contributed by atoms with Gasteiger partial charge in [-0.1, -0.05) is 0 Å². The SMILES string of the molecule is CCOC(=O)c1ccc(Nc2nc(-c3ccc(OCCO)cc3O)nc(-c3ccc(OCCO)cc3O)n2)cc1. The molecule has 12 heteroatoms. The zero-order valence-electron chi connectivity index (χ0n) is 21.6. The van der Waals surface area contributed by atoms with Crippen molar-refractivity contribution in [3.8, 4) is 45.8 Å². The highest BCUT2D eigenvalue weighted by atomic mass is 16.5. The summed E-state index contributed by atoms with van der Waals surface area (Å²) in [6.45, 7) is 1.76. The second-order valence-electron chi connectivity index (χ2n) is 8.23. The van der Waals surface area contributed by atoms with Crippen LogP contribution in [0.1, 0.15) is 17.3 Å². The molecule has 0 aliphatic rings. The molecule has 1 heterocycles. The first kappa shape index (κ1) is 28.1. The molecule has 4 rings (SSSR count). The van der Waals surface area contributed by atoms with Crippen LogP contribution in [0.3, 0.4) is 0 Å². The first-order chi connectivity index (χ1) is 19.4. The molecular formula is C28H28N4O8. The van der Waals surface area contributed by atoms with Gasteiger partial charge < -0.3 is 40.0 Å². The summed E-state index contributed by atoms with van der Waals surface area (Å²) >= 11 is 0. The van der Waals surface area contributed by atoms with Crippen molar-refractivity contribution in [2.45, 2.75) is 6.92 Å². The fraction of sp³-hybridized carbons (Fsp3) is 0.214. The number of aromatic nitrogens is 3. The zero-order chi connectivity index (χ0) is 28.5. The monoisotopic (exact) mass is 548 g/mol. The predicted octanol–water partition coefficient (Wildman–Crippen LogP) is 3.28. The molecule has 0 fully saturated rings. The number of nitrogens with one attached hydrogen (secondary N) is 1. The predicted molar refractivity (Wildman–Crippen MR) is 145 cm³/mol. The van der Waals surface area contributed by atoms with Crippen LogP contribution >= 0.6 is 0 Å². The summed E-state index contributed by atoms with van der Waals surface area (Å²) in [6.07, 6.45) is 0. The van der Waals surface area contributed by atoms with E-state index in [0.717, 1.165) is 0 Å². The van der Waals surface area contributed by atoms with Crippen LogP contribution in [0.25, 0.3) is 22.8 Å². The summed E-state index contributed by atoms with van der Waals surface area (Å²) in [5.41, 5.74) is 1.47. The van der Waals surface area contributed by atoms with E-state index in [4.69, 9.17) is 24.4 Å². The van der Waals surface area contributed by atoms with Crippen LogP contribution in [0.5, 0.6) is 23.0 Å². The summed E-state index contributed by atoms with van der Waals surface area (Å²) in [7, 11) is 0. The highest BCUT2D eigenvalue weighted by Crippen LogP contribution is 2.35. The Balaban J connectivity index is 1.72.